The van der Waals surface area contributed by atoms with E-state index in [1.165, 1.54) is 13.0 Å². The van der Waals surface area contributed by atoms with E-state index < -0.39 is 0 Å². The van der Waals surface area contributed by atoms with E-state index in [-0.39, 0.29) is 0 Å². The third kappa shape index (κ3) is 3.18. The fourth-order valence-electron chi connectivity index (χ4n) is 1.09. The van der Waals surface area contributed by atoms with Crippen LogP contribution in [0.15, 0.2) is 0 Å². The molecule has 62 valence electrons. The fourth-order valence-corrected chi connectivity index (χ4v) is 1.09. The summed E-state index contributed by atoms with van der Waals surface area (Å²) in [6.07, 6.45) is 1.70. The highest BCUT2D eigenvalue weighted by molar-refractivity contribution is 4.71. The Bertz CT molecular complexity index is 75.7. The Balaban J connectivity index is 0.000000371. The lowest BCUT2D eigenvalue weighted by atomic mass is 10.3. The van der Waals surface area contributed by atoms with Crippen molar-refractivity contribution in [1.29, 1.82) is 0 Å². The molecule has 0 radical (unpaired) electrons. The summed E-state index contributed by atoms with van der Waals surface area (Å²) >= 11 is 0. The van der Waals surface area contributed by atoms with Gasteiger partial charge in [0.25, 0.3) is 0 Å². The minimum atomic E-state index is 0.500. The van der Waals surface area contributed by atoms with Crippen LogP contribution >= 0.6 is 0 Å². The van der Waals surface area contributed by atoms with Crippen molar-refractivity contribution in [2.45, 2.75) is 26.4 Å². The van der Waals surface area contributed by atoms with E-state index in [0.717, 1.165) is 6.54 Å². The van der Waals surface area contributed by atoms with Gasteiger partial charge < -0.3 is 9.64 Å². The van der Waals surface area contributed by atoms with Gasteiger partial charge >= 0.3 is 0 Å². The molecule has 0 aliphatic carbocycles. The number of nitrogens with zero attached hydrogens (tertiary/aromatic N) is 1. The second-order valence-electron chi connectivity index (χ2n) is 2.41. The molecule has 0 spiro atoms. The van der Waals surface area contributed by atoms with Gasteiger partial charge in [-0.3, -0.25) is 0 Å². The van der Waals surface area contributed by atoms with E-state index in [2.05, 4.69) is 11.9 Å². The van der Waals surface area contributed by atoms with Crippen LogP contribution in [0, 0.1) is 0 Å². The highest BCUT2D eigenvalue weighted by Crippen LogP contribution is 2.07. The van der Waals surface area contributed by atoms with Gasteiger partial charge in [-0.15, -0.1) is 0 Å². The topological polar surface area (TPSA) is 12.5 Å². The Morgan fingerprint density at radius 2 is 2.00 bits per heavy atom. The quantitative estimate of drug-likeness (QED) is 0.552. The van der Waals surface area contributed by atoms with Gasteiger partial charge in [0.15, 0.2) is 0 Å². The summed E-state index contributed by atoms with van der Waals surface area (Å²) in [5.41, 5.74) is 0. The number of hydrogen-bond donors (Lipinski definition) is 0. The van der Waals surface area contributed by atoms with Crippen LogP contribution in [0.2, 0.25) is 0 Å². The first kappa shape index (κ1) is 9.92. The van der Waals surface area contributed by atoms with Crippen molar-refractivity contribution in [1.82, 2.24) is 4.90 Å². The second-order valence-corrected chi connectivity index (χ2v) is 2.41. The van der Waals surface area contributed by atoms with E-state index in [4.69, 9.17) is 4.74 Å². The maximum atomic E-state index is 5.14. The molecule has 1 saturated heterocycles. The first-order valence-corrected chi connectivity index (χ1v) is 4.04. The van der Waals surface area contributed by atoms with Crippen molar-refractivity contribution >= 4 is 0 Å². The fraction of sp³-hybridized carbons (Fsp3) is 1.00. The maximum Gasteiger partial charge on any atom is 0.0710 e. The Labute approximate surface area is 64.2 Å². The normalized spacial score (nSPS) is 25.8. The van der Waals surface area contributed by atoms with E-state index in [9.17, 15) is 0 Å². The van der Waals surface area contributed by atoms with Crippen LogP contribution < -0.4 is 0 Å². The van der Waals surface area contributed by atoms with Crippen LogP contribution in [0.3, 0.4) is 0 Å². The third-order valence-electron chi connectivity index (χ3n) is 1.68. The zero-order valence-corrected chi connectivity index (χ0v) is 7.55. The second kappa shape index (κ2) is 5.69. The van der Waals surface area contributed by atoms with Gasteiger partial charge in [-0.1, -0.05) is 13.8 Å². The van der Waals surface area contributed by atoms with Gasteiger partial charge in [0.1, 0.15) is 0 Å². The lowest BCUT2D eigenvalue weighted by molar-refractivity contribution is 0.111. The van der Waals surface area contributed by atoms with Crippen LogP contribution in [0.5, 0.6) is 0 Å². The zero-order valence-electron chi connectivity index (χ0n) is 7.55. The van der Waals surface area contributed by atoms with Gasteiger partial charge in [0.2, 0.25) is 0 Å². The number of hydrogen-bond acceptors (Lipinski definition) is 2. The largest absolute Gasteiger partial charge is 0.380 e. The molecule has 0 bridgehead atoms. The molecule has 1 heterocycles. The van der Waals surface area contributed by atoms with Crippen LogP contribution in [-0.2, 0) is 4.74 Å². The monoisotopic (exact) mass is 145 g/mol. The smallest absolute Gasteiger partial charge is 0.0710 e. The Hall–Kier alpha value is -0.0800. The van der Waals surface area contributed by atoms with Crippen molar-refractivity contribution in [2.24, 2.45) is 0 Å². The summed E-state index contributed by atoms with van der Waals surface area (Å²) in [5.74, 6) is 0. The molecule has 1 aliphatic rings. The van der Waals surface area contributed by atoms with Crippen LogP contribution in [0.1, 0.15) is 20.3 Å². The standard InChI is InChI=1S/C6H13NO.C2H6/c1-7-4-3-6(5-7)8-2;1-2/h6H,3-5H2,1-2H3;1-2H3/t6-;/m0./s1. The van der Waals surface area contributed by atoms with Gasteiger partial charge in [-0.2, -0.15) is 0 Å². The molecular weight excluding hydrogens is 126 g/mol. The first-order chi connectivity index (χ1) is 4.83. The predicted octanol–water partition coefficient (Wildman–Crippen LogP) is 1.36. The number of likely N-dealkylation sites (N-methyl/N-ethyl adjacent to an activating group) is 1. The first-order valence-electron chi connectivity index (χ1n) is 4.04. The maximum absolute atomic E-state index is 5.14. The molecule has 0 aromatic heterocycles. The lowest BCUT2D eigenvalue weighted by Gasteiger charge is -2.06. The minimum absolute atomic E-state index is 0.500. The Kier molecular flexibility index (Phi) is 5.64. The summed E-state index contributed by atoms with van der Waals surface area (Å²) in [5, 5.41) is 0. The van der Waals surface area contributed by atoms with E-state index in [0.29, 0.717) is 6.10 Å². The number of rotatable bonds is 1. The van der Waals surface area contributed by atoms with E-state index >= 15 is 0 Å². The number of ether oxygens (including phenoxy) is 1. The molecule has 2 heteroatoms. The number of methoxy groups -OCH3 is 1. The molecule has 1 aliphatic heterocycles. The van der Waals surface area contributed by atoms with Crippen molar-refractivity contribution in [3.05, 3.63) is 0 Å². The zero-order chi connectivity index (χ0) is 7.98. The van der Waals surface area contributed by atoms with Crippen LogP contribution in [0.25, 0.3) is 0 Å². The average molecular weight is 145 g/mol. The molecule has 0 aromatic carbocycles. The number of likely N-dealkylation sites (tertiary alicyclic amines) is 1. The molecule has 1 atom stereocenters. The average Bonchev–Trinajstić information content (AvgIpc) is 2.40. The minimum Gasteiger partial charge on any atom is -0.380 e. The van der Waals surface area contributed by atoms with Crippen molar-refractivity contribution in [3.63, 3.8) is 0 Å². The summed E-state index contributed by atoms with van der Waals surface area (Å²) in [7, 11) is 3.91. The Morgan fingerprint density at radius 3 is 2.20 bits per heavy atom. The highest BCUT2D eigenvalue weighted by Gasteiger charge is 2.17. The SMILES string of the molecule is CC.CO[C@H]1CCN(C)C1. The van der Waals surface area contributed by atoms with Crippen LogP contribution in [-0.4, -0.2) is 38.3 Å². The summed E-state index contributed by atoms with van der Waals surface area (Å²) in [6.45, 7) is 6.30. The van der Waals surface area contributed by atoms with Crippen molar-refractivity contribution in [2.75, 3.05) is 27.2 Å². The molecule has 0 unspecified atom stereocenters. The van der Waals surface area contributed by atoms with Gasteiger partial charge in [-0.25, -0.2) is 0 Å². The summed E-state index contributed by atoms with van der Waals surface area (Å²) < 4.78 is 5.14. The van der Waals surface area contributed by atoms with Gasteiger partial charge in [0, 0.05) is 20.2 Å². The summed E-state index contributed by atoms with van der Waals surface area (Å²) in [6, 6.07) is 0. The molecule has 2 nitrogen and oxygen atoms in total. The lowest BCUT2D eigenvalue weighted by Crippen LogP contribution is -2.17. The van der Waals surface area contributed by atoms with Gasteiger partial charge in [0.05, 0.1) is 6.10 Å². The molecule has 0 saturated carbocycles. The van der Waals surface area contributed by atoms with Gasteiger partial charge in [-0.05, 0) is 13.5 Å². The predicted molar refractivity (Wildman–Crippen MR) is 44.3 cm³/mol. The summed E-state index contributed by atoms with van der Waals surface area (Å²) in [4.78, 5) is 2.29. The highest BCUT2D eigenvalue weighted by atomic mass is 16.5. The molecular formula is C8H19NO. The van der Waals surface area contributed by atoms with E-state index in [1.807, 2.05) is 13.8 Å². The van der Waals surface area contributed by atoms with Crippen molar-refractivity contribution in [3.8, 4) is 0 Å². The third-order valence-corrected chi connectivity index (χ3v) is 1.68. The molecule has 10 heavy (non-hydrogen) atoms. The molecule has 0 N–H and O–H groups in total. The molecule has 1 fully saturated rings. The molecule has 0 amide bonds. The van der Waals surface area contributed by atoms with Crippen LogP contribution in [0.4, 0.5) is 0 Å². The molecule has 1 rings (SSSR count). The Morgan fingerprint density at radius 1 is 1.40 bits per heavy atom. The van der Waals surface area contributed by atoms with Crippen molar-refractivity contribution < 1.29 is 4.74 Å². The van der Waals surface area contributed by atoms with E-state index in [1.54, 1.807) is 7.11 Å². The molecule has 0 aromatic rings.